The first-order valence-electron chi connectivity index (χ1n) is 5.40. The molecule has 0 bridgehead atoms. The van der Waals surface area contributed by atoms with E-state index in [1.165, 1.54) is 7.11 Å². The maximum absolute atomic E-state index is 11.2. The molecule has 2 rings (SSSR count). The Hall–Kier alpha value is -2.30. The van der Waals surface area contributed by atoms with E-state index in [1.807, 2.05) is 17.8 Å². The Morgan fingerprint density at radius 1 is 1.22 bits per heavy atom. The summed E-state index contributed by atoms with van der Waals surface area (Å²) in [5.41, 5.74) is 1.23. The molecule has 94 valence electrons. The molecule has 5 nitrogen and oxygen atoms in total. The Morgan fingerprint density at radius 3 is 2.39 bits per heavy atom. The molecule has 1 aromatic carbocycles. The van der Waals surface area contributed by atoms with Crippen molar-refractivity contribution in [1.29, 1.82) is 0 Å². The summed E-state index contributed by atoms with van der Waals surface area (Å²) in [6, 6.07) is 3.40. The van der Waals surface area contributed by atoms with Crippen molar-refractivity contribution in [3.8, 4) is 22.9 Å². The van der Waals surface area contributed by atoms with Gasteiger partial charge in [0.2, 0.25) is 0 Å². The predicted octanol–water partition coefficient (Wildman–Crippen LogP) is 1.92. The summed E-state index contributed by atoms with van der Waals surface area (Å²) < 4.78 is 12.2. The fraction of sp³-hybridized carbons (Fsp3) is 0.231. The molecular weight excluding hydrogens is 232 g/mol. The van der Waals surface area contributed by atoms with Crippen LogP contribution in [-0.4, -0.2) is 30.1 Å². The van der Waals surface area contributed by atoms with Gasteiger partial charge in [-0.2, -0.15) is 0 Å². The van der Waals surface area contributed by atoms with E-state index in [0.29, 0.717) is 22.9 Å². The molecule has 0 radical (unpaired) electrons. The zero-order valence-electron chi connectivity index (χ0n) is 10.5. The summed E-state index contributed by atoms with van der Waals surface area (Å²) in [7, 11) is 4.96. The zero-order chi connectivity index (χ0) is 13.1. The highest BCUT2D eigenvalue weighted by molar-refractivity contribution is 5.87. The Kier molecular flexibility index (Phi) is 3.32. The summed E-state index contributed by atoms with van der Waals surface area (Å²) >= 11 is 0. The van der Waals surface area contributed by atoms with Gasteiger partial charge < -0.3 is 14.0 Å². The lowest BCUT2D eigenvalue weighted by Gasteiger charge is -2.12. The van der Waals surface area contributed by atoms with Gasteiger partial charge in [-0.15, -0.1) is 0 Å². The highest BCUT2D eigenvalue weighted by Crippen LogP contribution is 2.34. The minimum absolute atomic E-state index is 0.516. The molecule has 0 aliphatic heterocycles. The Balaban J connectivity index is 2.66. The van der Waals surface area contributed by atoms with Gasteiger partial charge in [-0.25, -0.2) is 4.98 Å². The molecule has 2 aromatic rings. The molecule has 0 atom stereocenters. The van der Waals surface area contributed by atoms with Crippen molar-refractivity contribution >= 4 is 6.29 Å². The molecule has 0 aliphatic rings. The van der Waals surface area contributed by atoms with Crippen LogP contribution in [-0.2, 0) is 7.05 Å². The van der Waals surface area contributed by atoms with Gasteiger partial charge in [0.25, 0.3) is 0 Å². The van der Waals surface area contributed by atoms with E-state index < -0.39 is 0 Å². The second kappa shape index (κ2) is 4.91. The average Bonchev–Trinajstić information content (AvgIpc) is 2.83. The first-order valence-corrected chi connectivity index (χ1v) is 5.40. The molecular formula is C13H14N2O3. The first-order chi connectivity index (χ1) is 8.71. The van der Waals surface area contributed by atoms with Crippen molar-refractivity contribution in [3.05, 3.63) is 30.1 Å². The number of nitrogens with zero attached hydrogens (tertiary/aromatic N) is 2. The highest BCUT2D eigenvalue weighted by Gasteiger charge is 2.14. The number of aromatic nitrogens is 2. The lowest BCUT2D eigenvalue weighted by molar-refractivity contribution is 0.112. The lowest BCUT2D eigenvalue weighted by Crippen LogP contribution is -1.99. The number of hydrogen-bond donors (Lipinski definition) is 0. The molecule has 0 saturated heterocycles. The Bertz CT molecular complexity index is 576. The maximum atomic E-state index is 11.2. The maximum Gasteiger partial charge on any atom is 0.161 e. The molecule has 0 unspecified atom stereocenters. The first kappa shape index (κ1) is 12.2. The minimum atomic E-state index is 0.516. The monoisotopic (exact) mass is 246 g/mol. The minimum Gasteiger partial charge on any atom is -0.493 e. The summed E-state index contributed by atoms with van der Waals surface area (Å²) in [6.45, 7) is 0. The normalized spacial score (nSPS) is 10.2. The van der Waals surface area contributed by atoms with Crippen LogP contribution in [0.4, 0.5) is 0 Å². The summed E-state index contributed by atoms with van der Waals surface area (Å²) in [6.07, 6.45) is 4.28. The number of benzene rings is 1. The quantitative estimate of drug-likeness (QED) is 0.773. The number of imidazole rings is 1. The van der Waals surface area contributed by atoms with Crippen molar-refractivity contribution < 1.29 is 14.3 Å². The van der Waals surface area contributed by atoms with Crippen molar-refractivity contribution in [2.24, 2.45) is 7.05 Å². The number of methoxy groups -OCH3 is 2. The third-order valence-corrected chi connectivity index (χ3v) is 2.74. The molecule has 1 aromatic heterocycles. The average molecular weight is 246 g/mol. The summed E-state index contributed by atoms with van der Waals surface area (Å²) in [5.74, 6) is 1.80. The van der Waals surface area contributed by atoms with Gasteiger partial charge in [-0.3, -0.25) is 4.79 Å². The van der Waals surface area contributed by atoms with E-state index >= 15 is 0 Å². The van der Waals surface area contributed by atoms with Crippen LogP contribution < -0.4 is 9.47 Å². The van der Waals surface area contributed by atoms with Gasteiger partial charge >= 0.3 is 0 Å². The molecule has 18 heavy (non-hydrogen) atoms. The Labute approximate surface area is 105 Å². The van der Waals surface area contributed by atoms with Crippen molar-refractivity contribution in [3.63, 3.8) is 0 Å². The standard InChI is InChI=1S/C13H14N2O3/c1-15-5-4-14-13(15)10-7-12(18-3)11(17-2)6-9(10)8-16/h4-8H,1-3H3. The van der Waals surface area contributed by atoms with Gasteiger partial charge in [0.1, 0.15) is 5.82 Å². The number of carbonyl (C=O) groups excluding carboxylic acids is 1. The molecule has 0 saturated carbocycles. The van der Waals surface area contributed by atoms with E-state index in [4.69, 9.17) is 9.47 Å². The predicted molar refractivity (Wildman–Crippen MR) is 67.1 cm³/mol. The van der Waals surface area contributed by atoms with E-state index in [9.17, 15) is 4.79 Å². The number of rotatable bonds is 4. The number of aryl methyl sites for hydroxylation is 1. The van der Waals surface area contributed by atoms with Crippen LogP contribution in [0.25, 0.3) is 11.4 Å². The van der Waals surface area contributed by atoms with Crippen LogP contribution in [0.2, 0.25) is 0 Å². The van der Waals surface area contributed by atoms with Gasteiger partial charge in [-0.1, -0.05) is 0 Å². The molecule has 0 aliphatic carbocycles. The molecule has 0 amide bonds. The number of ether oxygens (including phenoxy) is 2. The van der Waals surface area contributed by atoms with Crippen molar-refractivity contribution in [1.82, 2.24) is 9.55 Å². The van der Waals surface area contributed by atoms with Gasteiger partial charge in [0.15, 0.2) is 17.8 Å². The van der Waals surface area contributed by atoms with Crippen LogP contribution in [0, 0.1) is 0 Å². The smallest absolute Gasteiger partial charge is 0.161 e. The van der Waals surface area contributed by atoms with Crippen LogP contribution in [0.15, 0.2) is 24.5 Å². The molecule has 1 heterocycles. The molecule has 0 N–H and O–H groups in total. The van der Waals surface area contributed by atoms with E-state index in [1.54, 1.807) is 25.4 Å². The number of carbonyl (C=O) groups is 1. The molecule has 0 spiro atoms. The Morgan fingerprint density at radius 2 is 1.89 bits per heavy atom. The second-order valence-corrected chi connectivity index (χ2v) is 3.77. The summed E-state index contributed by atoms with van der Waals surface area (Å²) in [4.78, 5) is 15.4. The van der Waals surface area contributed by atoms with E-state index in [0.717, 1.165) is 11.8 Å². The van der Waals surface area contributed by atoms with Crippen LogP contribution >= 0.6 is 0 Å². The summed E-state index contributed by atoms with van der Waals surface area (Å²) in [5, 5.41) is 0. The topological polar surface area (TPSA) is 53.3 Å². The lowest BCUT2D eigenvalue weighted by atomic mass is 10.1. The highest BCUT2D eigenvalue weighted by atomic mass is 16.5. The van der Waals surface area contributed by atoms with Crippen LogP contribution in [0.3, 0.4) is 0 Å². The largest absolute Gasteiger partial charge is 0.493 e. The fourth-order valence-electron chi connectivity index (χ4n) is 1.81. The number of aldehydes is 1. The van der Waals surface area contributed by atoms with E-state index in [-0.39, 0.29) is 0 Å². The zero-order valence-corrected chi connectivity index (χ0v) is 10.5. The third kappa shape index (κ3) is 1.95. The SMILES string of the molecule is COc1cc(C=O)c(-c2nccn2C)cc1OC. The van der Waals surface area contributed by atoms with Gasteiger partial charge in [0, 0.05) is 30.6 Å². The van der Waals surface area contributed by atoms with E-state index in [2.05, 4.69) is 4.98 Å². The number of hydrogen-bond acceptors (Lipinski definition) is 4. The molecule has 0 fully saturated rings. The van der Waals surface area contributed by atoms with Crippen LogP contribution in [0.5, 0.6) is 11.5 Å². The second-order valence-electron chi connectivity index (χ2n) is 3.77. The van der Waals surface area contributed by atoms with Gasteiger partial charge in [0.05, 0.1) is 14.2 Å². The van der Waals surface area contributed by atoms with Crippen molar-refractivity contribution in [2.75, 3.05) is 14.2 Å². The molecule has 5 heteroatoms. The van der Waals surface area contributed by atoms with Crippen molar-refractivity contribution in [2.45, 2.75) is 0 Å². The fourth-order valence-corrected chi connectivity index (χ4v) is 1.81. The third-order valence-electron chi connectivity index (χ3n) is 2.74. The van der Waals surface area contributed by atoms with Crippen LogP contribution in [0.1, 0.15) is 10.4 Å². The van der Waals surface area contributed by atoms with Gasteiger partial charge in [-0.05, 0) is 12.1 Å².